The molecule has 0 spiro atoms. The molecule has 0 fully saturated rings. The van der Waals surface area contributed by atoms with Gasteiger partial charge in [-0.1, -0.05) is 24.3 Å². The highest BCUT2D eigenvalue weighted by Gasteiger charge is 2.30. The predicted molar refractivity (Wildman–Crippen MR) is 110 cm³/mol. The Labute approximate surface area is 183 Å². The van der Waals surface area contributed by atoms with E-state index in [4.69, 9.17) is 4.74 Å². The van der Waals surface area contributed by atoms with Crippen molar-refractivity contribution in [3.05, 3.63) is 70.8 Å². The molecule has 0 saturated heterocycles. The summed E-state index contributed by atoms with van der Waals surface area (Å²) in [4.78, 5) is 38.0. The first-order chi connectivity index (χ1) is 15.2. The van der Waals surface area contributed by atoms with Crippen LogP contribution in [0.3, 0.4) is 0 Å². The molecule has 0 aliphatic heterocycles. The molecule has 1 N–H and O–H groups in total. The number of amides is 2. The first kappa shape index (κ1) is 23.3. The standard InChI is InChI=1S/C23H23F3N2O4/c1-28(19-8-4-6-15-5-2-3-7-18(15)19)20(29)14-32-21(30)13-27-22(31)16-9-11-17(12-10-16)23(24,25)26/h2-3,5,7,9-12,19H,4,6,8,13-14H2,1H3,(H,27,31). The van der Waals surface area contributed by atoms with Gasteiger partial charge in [-0.3, -0.25) is 14.4 Å². The molecule has 0 heterocycles. The first-order valence-electron chi connectivity index (χ1n) is 10.1. The van der Waals surface area contributed by atoms with Gasteiger partial charge in [-0.25, -0.2) is 0 Å². The molecule has 0 aromatic heterocycles. The van der Waals surface area contributed by atoms with Gasteiger partial charge in [-0.05, 0) is 54.7 Å². The number of rotatable bonds is 6. The van der Waals surface area contributed by atoms with E-state index in [1.54, 1.807) is 11.9 Å². The lowest BCUT2D eigenvalue weighted by atomic mass is 9.87. The number of halogens is 3. The number of benzene rings is 2. The molecule has 32 heavy (non-hydrogen) atoms. The van der Waals surface area contributed by atoms with Crippen molar-refractivity contribution in [2.75, 3.05) is 20.2 Å². The molecule has 1 unspecified atom stereocenters. The summed E-state index contributed by atoms with van der Waals surface area (Å²) >= 11 is 0. The van der Waals surface area contributed by atoms with Gasteiger partial charge in [0.05, 0.1) is 11.6 Å². The fourth-order valence-electron chi connectivity index (χ4n) is 3.66. The van der Waals surface area contributed by atoms with Gasteiger partial charge < -0.3 is 15.0 Å². The Morgan fingerprint density at radius 3 is 2.47 bits per heavy atom. The highest BCUT2D eigenvalue weighted by atomic mass is 19.4. The fraction of sp³-hybridized carbons (Fsp3) is 0.348. The summed E-state index contributed by atoms with van der Waals surface area (Å²) in [5.41, 5.74) is 1.38. The zero-order valence-corrected chi connectivity index (χ0v) is 17.4. The van der Waals surface area contributed by atoms with Gasteiger partial charge in [-0.2, -0.15) is 13.2 Å². The smallest absolute Gasteiger partial charge is 0.416 e. The minimum atomic E-state index is -4.50. The van der Waals surface area contributed by atoms with Crippen molar-refractivity contribution in [3.63, 3.8) is 0 Å². The molecular formula is C23H23F3N2O4. The second-order valence-corrected chi connectivity index (χ2v) is 7.53. The lowest BCUT2D eigenvalue weighted by Gasteiger charge is -2.33. The molecular weight excluding hydrogens is 425 g/mol. The molecule has 170 valence electrons. The minimum absolute atomic E-state index is 0.0300. The number of aryl methyl sites for hydroxylation is 1. The maximum Gasteiger partial charge on any atom is 0.416 e. The zero-order chi connectivity index (χ0) is 23.3. The number of carbonyl (C=O) groups excluding carboxylic acids is 3. The molecule has 2 amide bonds. The largest absolute Gasteiger partial charge is 0.454 e. The van der Waals surface area contributed by atoms with E-state index >= 15 is 0 Å². The normalized spacial score (nSPS) is 15.4. The average molecular weight is 448 g/mol. The van der Waals surface area contributed by atoms with E-state index in [0.29, 0.717) is 0 Å². The molecule has 3 rings (SSSR count). The summed E-state index contributed by atoms with van der Waals surface area (Å²) in [7, 11) is 1.66. The average Bonchev–Trinajstić information content (AvgIpc) is 2.79. The van der Waals surface area contributed by atoms with Crippen LogP contribution < -0.4 is 5.32 Å². The lowest BCUT2D eigenvalue weighted by Crippen LogP contribution is -2.37. The van der Waals surface area contributed by atoms with Crippen LogP contribution in [0.5, 0.6) is 0 Å². The van der Waals surface area contributed by atoms with Crippen molar-refractivity contribution >= 4 is 17.8 Å². The summed E-state index contributed by atoms with van der Waals surface area (Å²) in [5, 5.41) is 2.27. The number of carbonyl (C=O) groups is 3. The van der Waals surface area contributed by atoms with Crippen LogP contribution in [0, 0.1) is 0 Å². The third kappa shape index (κ3) is 5.66. The molecule has 0 bridgehead atoms. The molecule has 6 nitrogen and oxygen atoms in total. The number of esters is 1. The maximum atomic E-state index is 12.6. The maximum absolute atomic E-state index is 12.6. The first-order valence-corrected chi connectivity index (χ1v) is 10.1. The second-order valence-electron chi connectivity index (χ2n) is 7.53. The summed E-state index contributed by atoms with van der Waals surface area (Å²) in [6.45, 7) is -0.979. The van der Waals surface area contributed by atoms with Crippen molar-refractivity contribution in [1.29, 1.82) is 0 Å². The number of likely N-dealkylation sites (N-methyl/N-ethyl adjacent to an activating group) is 1. The molecule has 0 radical (unpaired) electrons. The Bertz CT molecular complexity index is 989. The summed E-state index contributed by atoms with van der Waals surface area (Å²) in [6, 6.07) is 11.4. The molecule has 1 aliphatic rings. The van der Waals surface area contributed by atoms with Gasteiger partial charge in [0.1, 0.15) is 6.54 Å². The van der Waals surface area contributed by atoms with Gasteiger partial charge in [0.15, 0.2) is 6.61 Å². The zero-order valence-electron chi connectivity index (χ0n) is 17.4. The van der Waals surface area contributed by atoms with Gasteiger partial charge in [-0.15, -0.1) is 0 Å². The molecule has 1 aliphatic carbocycles. The van der Waals surface area contributed by atoms with Crippen LogP contribution in [-0.2, 0) is 26.9 Å². The highest BCUT2D eigenvalue weighted by molar-refractivity contribution is 5.96. The van der Waals surface area contributed by atoms with Crippen LogP contribution in [0.1, 0.15) is 45.9 Å². The fourth-order valence-corrected chi connectivity index (χ4v) is 3.66. The SMILES string of the molecule is CN(C(=O)COC(=O)CNC(=O)c1ccc(C(F)(F)F)cc1)C1CCCc2ccccc21. The van der Waals surface area contributed by atoms with E-state index in [0.717, 1.165) is 49.1 Å². The van der Waals surface area contributed by atoms with E-state index in [2.05, 4.69) is 5.32 Å². The summed E-state index contributed by atoms with van der Waals surface area (Å²) in [5.74, 6) is -1.91. The minimum Gasteiger partial charge on any atom is -0.454 e. The quantitative estimate of drug-likeness (QED) is 0.687. The topological polar surface area (TPSA) is 75.7 Å². The third-order valence-electron chi connectivity index (χ3n) is 5.42. The van der Waals surface area contributed by atoms with Crippen molar-refractivity contribution in [2.24, 2.45) is 0 Å². The Balaban J connectivity index is 1.46. The van der Waals surface area contributed by atoms with Crippen LogP contribution in [0.25, 0.3) is 0 Å². The number of ether oxygens (including phenoxy) is 1. The summed E-state index contributed by atoms with van der Waals surface area (Å²) in [6.07, 6.45) is -1.77. The van der Waals surface area contributed by atoms with Crippen LogP contribution in [0.2, 0.25) is 0 Å². The third-order valence-corrected chi connectivity index (χ3v) is 5.42. The Hall–Kier alpha value is -3.36. The molecule has 1 atom stereocenters. The Morgan fingerprint density at radius 2 is 1.78 bits per heavy atom. The van der Waals surface area contributed by atoms with E-state index in [1.807, 2.05) is 24.3 Å². The van der Waals surface area contributed by atoms with E-state index < -0.39 is 36.8 Å². The van der Waals surface area contributed by atoms with Crippen molar-refractivity contribution in [1.82, 2.24) is 10.2 Å². The number of alkyl halides is 3. The van der Waals surface area contributed by atoms with Crippen LogP contribution in [0.4, 0.5) is 13.2 Å². The Morgan fingerprint density at radius 1 is 1.09 bits per heavy atom. The predicted octanol–water partition coefficient (Wildman–Crippen LogP) is 3.51. The number of hydrogen-bond donors (Lipinski definition) is 1. The van der Waals surface area contributed by atoms with E-state index in [-0.39, 0.29) is 17.5 Å². The monoisotopic (exact) mass is 448 g/mol. The van der Waals surface area contributed by atoms with Crippen LogP contribution >= 0.6 is 0 Å². The van der Waals surface area contributed by atoms with Crippen molar-refractivity contribution in [3.8, 4) is 0 Å². The van der Waals surface area contributed by atoms with Gasteiger partial charge in [0.2, 0.25) is 0 Å². The van der Waals surface area contributed by atoms with E-state index in [1.165, 1.54) is 5.56 Å². The molecule has 0 saturated carbocycles. The van der Waals surface area contributed by atoms with Crippen LogP contribution in [0.15, 0.2) is 48.5 Å². The number of fused-ring (bicyclic) bond motifs is 1. The summed E-state index contributed by atoms with van der Waals surface area (Å²) < 4.78 is 42.7. The number of hydrogen-bond acceptors (Lipinski definition) is 4. The molecule has 2 aromatic rings. The number of nitrogens with zero attached hydrogens (tertiary/aromatic N) is 1. The van der Waals surface area contributed by atoms with Gasteiger partial charge in [0, 0.05) is 12.6 Å². The van der Waals surface area contributed by atoms with Gasteiger partial charge in [0.25, 0.3) is 11.8 Å². The molecule has 9 heteroatoms. The van der Waals surface area contributed by atoms with Gasteiger partial charge >= 0.3 is 12.1 Å². The van der Waals surface area contributed by atoms with E-state index in [9.17, 15) is 27.6 Å². The van der Waals surface area contributed by atoms with Crippen molar-refractivity contribution in [2.45, 2.75) is 31.5 Å². The second kappa shape index (κ2) is 9.84. The lowest BCUT2D eigenvalue weighted by molar-refractivity contribution is -0.151. The molecule has 2 aromatic carbocycles. The Kier molecular flexibility index (Phi) is 7.17. The van der Waals surface area contributed by atoms with Crippen LogP contribution in [-0.4, -0.2) is 42.9 Å². The van der Waals surface area contributed by atoms with Crippen molar-refractivity contribution < 1.29 is 32.3 Å². The highest BCUT2D eigenvalue weighted by Crippen LogP contribution is 2.33. The number of nitrogens with one attached hydrogen (secondary N) is 1.